The maximum absolute atomic E-state index is 5.38. The van der Waals surface area contributed by atoms with E-state index < -0.39 is 0 Å². The van der Waals surface area contributed by atoms with Crippen LogP contribution in [0.2, 0.25) is 0 Å². The highest BCUT2D eigenvalue weighted by molar-refractivity contribution is 7.15. The second kappa shape index (κ2) is 3.37. The predicted octanol–water partition coefficient (Wildman–Crippen LogP) is 2.51. The third-order valence-electron chi connectivity index (χ3n) is 2.96. The molecule has 17 heavy (non-hydrogen) atoms. The quantitative estimate of drug-likeness (QED) is 0.839. The first-order valence-corrected chi connectivity index (χ1v) is 6.35. The molecule has 0 bridgehead atoms. The molecule has 0 radical (unpaired) electrons. The summed E-state index contributed by atoms with van der Waals surface area (Å²) < 4.78 is 10.7. The molecule has 0 amide bonds. The molecule has 2 aliphatic heterocycles. The molecule has 0 saturated carbocycles. The van der Waals surface area contributed by atoms with E-state index in [2.05, 4.69) is 10.3 Å². The summed E-state index contributed by atoms with van der Waals surface area (Å²) in [5.41, 5.74) is 1.09. The number of hydrogen-bond donors (Lipinski definition) is 1. The average molecular weight is 246 g/mol. The van der Waals surface area contributed by atoms with Crippen LogP contribution in [0.1, 0.15) is 4.88 Å². The number of benzene rings is 1. The van der Waals surface area contributed by atoms with E-state index in [0.29, 0.717) is 6.79 Å². The van der Waals surface area contributed by atoms with Gasteiger partial charge in [0, 0.05) is 18.5 Å². The lowest BCUT2D eigenvalue weighted by atomic mass is 10.2. The number of rotatable bonds is 1. The molecule has 2 aromatic rings. The van der Waals surface area contributed by atoms with E-state index in [1.807, 2.05) is 18.2 Å². The fraction of sp³-hybridized carbons (Fsp3) is 0.250. The third-order valence-corrected chi connectivity index (χ3v) is 4.13. The minimum absolute atomic E-state index is 0.314. The SMILES string of the molecule is c1cc2c(cc1-c1nc3c(s1)CCN3)OCO2. The molecule has 3 heterocycles. The van der Waals surface area contributed by atoms with Crippen LogP contribution in [-0.4, -0.2) is 18.3 Å². The topological polar surface area (TPSA) is 43.4 Å². The van der Waals surface area contributed by atoms with Gasteiger partial charge in [-0.25, -0.2) is 4.98 Å². The third kappa shape index (κ3) is 1.39. The Bertz CT molecular complexity index is 573. The Morgan fingerprint density at radius 2 is 2.18 bits per heavy atom. The summed E-state index contributed by atoms with van der Waals surface area (Å²) in [6, 6.07) is 5.97. The van der Waals surface area contributed by atoms with Crippen LogP contribution in [0.15, 0.2) is 18.2 Å². The number of anilines is 1. The van der Waals surface area contributed by atoms with Gasteiger partial charge in [-0.3, -0.25) is 0 Å². The van der Waals surface area contributed by atoms with Crippen molar-refractivity contribution in [2.24, 2.45) is 0 Å². The van der Waals surface area contributed by atoms with Gasteiger partial charge in [-0.2, -0.15) is 0 Å². The van der Waals surface area contributed by atoms with Crippen LogP contribution in [0, 0.1) is 0 Å². The van der Waals surface area contributed by atoms with Crippen molar-refractivity contribution >= 4 is 17.2 Å². The molecule has 1 N–H and O–H groups in total. The summed E-state index contributed by atoms with van der Waals surface area (Å²) in [7, 11) is 0. The Morgan fingerprint density at radius 3 is 3.12 bits per heavy atom. The lowest BCUT2D eigenvalue weighted by Gasteiger charge is -1.99. The molecule has 5 heteroatoms. The number of aromatic nitrogens is 1. The molecule has 4 nitrogen and oxygen atoms in total. The first-order valence-electron chi connectivity index (χ1n) is 5.54. The zero-order valence-electron chi connectivity index (χ0n) is 9.03. The summed E-state index contributed by atoms with van der Waals surface area (Å²) >= 11 is 1.75. The summed E-state index contributed by atoms with van der Waals surface area (Å²) in [6.07, 6.45) is 1.08. The van der Waals surface area contributed by atoms with E-state index >= 15 is 0 Å². The highest BCUT2D eigenvalue weighted by Crippen LogP contribution is 2.39. The predicted molar refractivity (Wildman–Crippen MR) is 65.9 cm³/mol. The average Bonchev–Trinajstić information content (AvgIpc) is 3.02. The van der Waals surface area contributed by atoms with Crippen LogP contribution < -0.4 is 14.8 Å². The summed E-state index contributed by atoms with van der Waals surface area (Å²) in [6.45, 7) is 1.32. The van der Waals surface area contributed by atoms with Crippen molar-refractivity contribution in [3.05, 3.63) is 23.1 Å². The first kappa shape index (κ1) is 9.30. The van der Waals surface area contributed by atoms with Crippen LogP contribution in [0.5, 0.6) is 11.5 Å². The molecular formula is C12H10N2O2S. The van der Waals surface area contributed by atoms with Crippen molar-refractivity contribution in [3.63, 3.8) is 0 Å². The van der Waals surface area contributed by atoms with E-state index in [-0.39, 0.29) is 0 Å². The van der Waals surface area contributed by atoms with Crippen molar-refractivity contribution < 1.29 is 9.47 Å². The number of fused-ring (bicyclic) bond motifs is 2. The fourth-order valence-electron chi connectivity index (χ4n) is 2.11. The molecule has 0 aliphatic carbocycles. The van der Waals surface area contributed by atoms with Crippen molar-refractivity contribution in [3.8, 4) is 22.1 Å². The molecule has 4 rings (SSSR count). The van der Waals surface area contributed by atoms with Crippen molar-refractivity contribution in [1.82, 2.24) is 4.98 Å². The van der Waals surface area contributed by atoms with Gasteiger partial charge in [0.05, 0.1) is 4.88 Å². The van der Waals surface area contributed by atoms with E-state index in [9.17, 15) is 0 Å². The molecule has 2 aliphatic rings. The van der Waals surface area contributed by atoms with Crippen molar-refractivity contribution in [2.75, 3.05) is 18.7 Å². The van der Waals surface area contributed by atoms with E-state index in [1.54, 1.807) is 11.3 Å². The Labute approximate surface area is 102 Å². The zero-order chi connectivity index (χ0) is 11.2. The van der Waals surface area contributed by atoms with Crippen LogP contribution >= 0.6 is 11.3 Å². The molecule has 0 unspecified atom stereocenters. The second-order valence-electron chi connectivity index (χ2n) is 4.04. The van der Waals surface area contributed by atoms with E-state index in [1.165, 1.54) is 4.88 Å². The standard InChI is InChI=1S/C12H10N2O2S/c1-2-8-9(16-6-15-8)5-7(1)12-14-11-10(17-12)3-4-13-11/h1-2,5,13H,3-4,6H2. The van der Waals surface area contributed by atoms with Gasteiger partial charge in [0.1, 0.15) is 10.8 Å². The van der Waals surface area contributed by atoms with Crippen LogP contribution in [0.4, 0.5) is 5.82 Å². The second-order valence-corrected chi connectivity index (χ2v) is 5.12. The molecule has 0 fully saturated rings. The molecule has 86 valence electrons. The Balaban J connectivity index is 1.78. The maximum atomic E-state index is 5.38. The van der Waals surface area contributed by atoms with Crippen LogP contribution in [-0.2, 0) is 6.42 Å². The van der Waals surface area contributed by atoms with Gasteiger partial charge in [0.2, 0.25) is 6.79 Å². The monoisotopic (exact) mass is 246 g/mol. The Morgan fingerprint density at radius 1 is 1.24 bits per heavy atom. The highest BCUT2D eigenvalue weighted by Gasteiger charge is 2.19. The van der Waals surface area contributed by atoms with E-state index in [0.717, 1.165) is 40.9 Å². The van der Waals surface area contributed by atoms with Gasteiger partial charge >= 0.3 is 0 Å². The number of nitrogens with zero attached hydrogens (tertiary/aromatic N) is 1. The van der Waals surface area contributed by atoms with Gasteiger partial charge in [0.25, 0.3) is 0 Å². The van der Waals surface area contributed by atoms with Gasteiger partial charge in [-0.1, -0.05) is 0 Å². The van der Waals surface area contributed by atoms with Crippen LogP contribution in [0.3, 0.4) is 0 Å². The van der Waals surface area contributed by atoms with Crippen molar-refractivity contribution in [1.29, 1.82) is 0 Å². The summed E-state index contributed by atoms with van der Waals surface area (Å²) in [5, 5.41) is 4.33. The number of thiazole rings is 1. The molecule has 0 atom stereocenters. The molecular weight excluding hydrogens is 236 g/mol. The van der Waals surface area contributed by atoms with Gasteiger partial charge in [-0.15, -0.1) is 11.3 Å². The molecule has 1 aromatic carbocycles. The summed E-state index contributed by atoms with van der Waals surface area (Å²) in [5.74, 6) is 2.67. The molecule has 0 spiro atoms. The number of ether oxygens (including phenoxy) is 2. The van der Waals surface area contributed by atoms with Crippen LogP contribution in [0.25, 0.3) is 10.6 Å². The van der Waals surface area contributed by atoms with Crippen molar-refractivity contribution in [2.45, 2.75) is 6.42 Å². The van der Waals surface area contributed by atoms with Gasteiger partial charge in [0.15, 0.2) is 11.5 Å². The minimum atomic E-state index is 0.314. The zero-order valence-corrected chi connectivity index (χ0v) is 9.84. The van der Waals surface area contributed by atoms with E-state index in [4.69, 9.17) is 9.47 Å². The first-order chi connectivity index (χ1) is 8.40. The smallest absolute Gasteiger partial charge is 0.231 e. The largest absolute Gasteiger partial charge is 0.454 e. The Hall–Kier alpha value is -1.75. The minimum Gasteiger partial charge on any atom is -0.454 e. The number of hydrogen-bond acceptors (Lipinski definition) is 5. The lowest BCUT2D eigenvalue weighted by molar-refractivity contribution is 0.174. The van der Waals surface area contributed by atoms with Gasteiger partial charge in [-0.05, 0) is 18.2 Å². The number of nitrogens with one attached hydrogen (secondary N) is 1. The highest BCUT2D eigenvalue weighted by atomic mass is 32.1. The summed E-state index contributed by atoms with van der Waals surface area (Å²) in [4.78, 5) is 5.94. The normalized spacial score (nSPS) is 15.8. The fourth-order valence-corrected chi connectivity index (χ4v) is 3.14. The van der Waals surface area contributed by atoms with Gasteiger partial charge < -0.3 is 14.8 Å². The Kier molecular flexibility index (Phi) is 1.84. The molecule has 1 aromatic heterocycles. The maximum Gasteiger partial charge on any atom is 0.231 e. The molecule has 0 saturated heterocycles. The lowest BCUT2D eigenvalue weighted by Crippen LogP contribution is -1.93.